The highest BCUT2D eigenvalue weighted by atomic mass is 15.1. The Morgan fingerprint density at radius 1 is 1.19 bits per heavy atom. The summed E-state index contributed by atoms with van der Waals surface area (Å²) in [5.74, 6) is 0. The molecule has 0 amide bonds. The maximum Gasteiger partial charge on any atom is 0.0372 e. The van der Waals surface area contributed by atoms with Crippen LogP contribution >= 0.6 is 0 Å². The molecule has 16 heavy (non-hydrogen) atoms. The van der Waals surface area contributed by atoms with Crippen LogP contribution < -0.4 is 5.32 Å². The van der Waals surface area contributed by atoms with Gasteiger partial charge < -0.3 is 10.2 Å². The lowest BCUT2D eigenvalue weighted by molar-refractivity contribution is 0.264. The quantitative estimate of drug-likeness (QED) is 0.821. The molecule has 0 aliphatic carbocycles. The van der Waals surface area contributed by atoms with Crippen LogP contribution in [0.3, 0.4) is 0 Å². The molecule has 1 heterocycles. The fourth-order valence-electron chi connectivity index (χ4n) is 2.35. The van der Waals surface area contributed by atoms with E-state index in [1.165, 1.54) is 42.7 Å². The van der Waals surface area contributed by atoms with Crippen LogP contribution in [0.15, 0.2) is 18.2 Å². The van der Waals surface area contributed by atoms with Crippen LogP contribution in [0.1, 0.15) is 24.0 Å². The highest BCUT2D eigenvalue weighted by Gasteiger charge is 2.16. The second kappa shape index (κ2) is 4.88. The van der Waals surface area contributed by atoms with Crippen molar-refractivity contribution in [3.8, 4) is 0 Å². The topological polar surface area (TPSA) is 15.3 Å². The zero-order valence-corrected chi connectivity index (χ0v) is 10.6. The molecule has 2 heteroatoms. The number of nitrogens with zero attached hydrogens (tertiary/aromatic N) is 1. The molecule has 2 nitrogen and oxygen atoms in total. The van der Waals surface area contributed by atoms with Crippen molar-refractivity contribution in [3.05, 3.63) is 29.3 Å². The zero-order valence-electron chi connectivity index (χ0n) is 10.6. The van der Waals surface area contributed by atoms with Gasteiger partial charge in [-0.05, 0) is 58.5 Å². The van der Waals surface area contributed by atoms with Crippen molar-refractivity contribution in [3.63, 3.8) is 0 Å². The van der Waals surface area contributed by atoms with Crippen molar-refractivity contribution >= 4 is 5.69 Å². The van der Waals surface area contributed by atoms with Gasteiger partial charge in [0.2, 0.25) is 0 Å². The summed E-state index contributed by atoms with van der Waals surface area (Å²) in [5.41, 5.74) is 4.01. The van der Waals surface area contributed by atoms with E-state index >= 15 is 0 Å². The Morgan fingerprint density at radius 3 is 2.50 bits per heavy atom. The van der Waals surface area contributed by atoms with Crippen molar-refractivity contribution in [1.29, 1.82) is 0 Å². The van der Waals surface area contributed by atoms with E-state index in [4.69, 9.17) is 0 Å². The van der Waals surface area contributed by atoms with Crippen LogP contribution in [0.2, 0.25) is 0 Å². The fraction of sp³-hybridized carbons (Fsp3) is 0.571. The van der Waals surface area contributed by atoms with E-state index in [2.05, 4.69) is 49.3 Å². The molecule has 0 spiro atoms. The molecule has 0 radical (unpaired) electrons. The number of rotatable bonds is 2. The SMILES string of the molecule is Cc1ccc(NC2CCN(C)CC2)c(C)c1. The van der Waals surface area contributed by atoms with Gasteiger partial charge in [0.25, 0.3) is 0 Å². The van der Waals surface area contributed by atoms with E-state index in [1.807, 2.05) is 0 Å². The lowest BCUT2D eigenvalue weighted by atomic mass is 10.0. The van der Waals surface area contributed by atoms with Crippen molar-refractivity contribution in [2.75, 3.05) is 25.5 Å². The number of aryl methyl sites for hydroxylation is 2. The van der Waals surface area contributed by atoms with Crippen molar-refractivity contribution in [1.82, 2.24) is 4.90 Å². The van der Waals surface area contributed by atoms with Crippen LogP contribution in [-0.4, -0.2) is 31.1 Å². The van der Waals surface area contributed by atoms with E-state index in [-0.39, 0.29) is 0 Å². The number of piperidine rings is 1. The summed E-state index contributed by atoms with van der Waals surface area (Å²) in [5, 5.41) is 3.67. The lowest BCUT2D eigenvalue weighted by Crippen LogP contribution is -2.36. The minimum atomic E-state index is 0.651. The number of nitrogens with one attached hydrogen (secondary N) is 1. The monoisotopic (exact) mass is 218 g/mol. The van der Waals surface area contributed by atoms with Gasteiger partial charge in [-0.2, -0.15) is 0 Å². The van der Waals surface area contributed by atoms with Crippen LogP contribution in [0.4, 0.5) is 5.69 Å². The first-order valence-corrected chi connectivity index (χ1v) is 6.17. The summed E-state index contributed by atoms with van der Waals surface area (Å²) in [4.78, 5) is 2.40. The Balaban J connectivity index is 1.98. The summed E-state index contributed by atoms with van der Waals surface area (Å²) in [6.45, 7) is 6.75. The van der Waals surface area contributed by atoms with Gasteiger partial charge in [0.15, 0.2) is 0 Å². The van der Waals surface area contributed by atoms with Gasteiger partial charge in [-0.3, -0.25) is 0 Å². The van der Waals surface area contributed by atoms with Crippen LogP contribution in [0, 0.1) is 13.8 Å². The second-order valence-electron chi connectivity index (χ2n) is 5.04. The summed E-state index contributed by atoms with van der Waals surface area (Å²) >= 11 is 0. The molecule has 88 valence electrons. The first-order valence-electron chi connectivity index (χ1n) is 6.17. The molecule has 0 unspecified atom stereocenters. The molecule has 1 aromatic carbocycles. The van der Waals surface area contributed by atoms with E-state index in [0.29, 0.717) is 6.04 Å². The Bertz CT molecular complexity index is 352. The maximum atomic E-state index is 3.67. The molecule has 0 bridgehead atoms. The minimum absolute atomic E-state index is 0.651. The van der Waals surface area contributed by atoms with Gasteiger partial charge in [0.1, 0.15) is 0 Å². The minimum Gasteiger partial charge on any atom is -0.382 e. The number of benzene rings is 1. The Hall–Kier alpha value is -1.02. The number of likely N-dealkylation sites (tertiary alicyclic amines) is 1. The van der Waals surface area contributed by atoms with Crippen molar-refractivity contribution in [2.24, 2.45) is 0 Å². The molecule has 1 N–H and O–H groups in total. The summed E-state index contributed by atoms with van der Waals surface area (Å²) in [6, 6.07) is 7.29. The van der Waals surface area contributed by atoms with Gasteiger partial charge in [-0.15, -0.1) is 0 Å². The lowest BCUT2D eigenvalue weighted by Gasteiger charge is -2.30. The molecule has 0 saturated carbocycles. The van der Waals surface area contributed by atoms with Crippen LogP contribution in [-0.2, 0) is 0 Å². The third-order valence-electron chi connectivity index (χ3n) is 3.46. The van der Waals surface area contributed by atoms with Crippen molar-refractivity contribution in [2.45, 2.75) is 32.7 Å². The average molecular weight is 218 g/mol. The molecule has 1 aliphatic heterocycles. The highest BCUT2D eigenvalue weighted by molar-refractivity contribution is 5.52. The maximum absolute atomic E-state index is 3.67. The molecule has 2 rings (SSSR count). The average Bonchev–Trinajstić information content (AvgIpc) is 2.25. The largest absolute Gasteiger partial charge is 0.382 e. The predicted molar refractivity (Wildman–Crippen MR) is 70.1 cm³/mol. The molecule has 0 aromatic heterocycles. The Kier molecular flexibility index (Phi) is 3.49. The predicted octanol–water partition coefficient (Wildman–Crippen LogP) is 2.81. The third-order valence-corrected chi connectivity index (χ3v) is 3.46. The first kappa shape index (κ1) is 11.5. The number of anilines is 1. The van der Waals surface area contributed by atoms with Crippen LogP contribution in [0.5, 0.6) is 0 Å². The van der Waals surface area contributed by atoms with Crippen molar-refractivity contribution < 1.29 is 0 Å². The summed E-state index contributed by atoms with van der Waals surface area (Å²) in [7, 11) is 2.20. The molecule has 1 saturated heterocycles. The molecule has 1 aromatic rings. The second-order valence-corrected chi connectivity index (χ2v) is 5.04. The van der Waals surface area contributed by atoms with E-state index < -0.39 is 0 Å². The van der Waals surface area contributed by atoms with Gasteiger partial charge in [0.05, 0.1) is 0 Å². The standard InChI is InChI=1S/C14H22N2/c1-11-4-5-14(12(2)10-11)15-13-6-8-16(3)9-7-13/h4-5,10,13,15H,6-9H2,1-3H3. The van der Waals surface area contributed by atoms with E-state index in [9.17, 15) is 0 Å². The third kappa shape index (κ3) is 2.76. The zero-order chi connectivity index (χ0) is 11.5. The molecular weight excluding hydrogens is 196 g/mol. The molecule has 1 aliphatic rings. The Morgan fingerprint density at radius 2 is 1.88 bits per heavy atom. The van der Waals surface area contributed by atoms with E-state index in [1.54, 1.807) is 0 Å². The Labute approximate surface area is 98.7 Å². The van der Waals surface area contributed by atoms with Gasteiger partial charge in [-0.25, -0.2) is 0 Å². The van der Waals surface area contributed by atoms with Crippen LogP contribution in [0.25, 0.3) is 0 Å². The van der Waals surface area contributed by atoms with Gasteiger partial charge in [-0.1, -0.05) is 17.7 Å². The molecule has 1 fully saturated rings. The fourth-order valence-corrected chi connectivity index (χ4v) is 2.35. The normalized spacial score (nSPS) is 18.7. The summed E-state index contributed by atoms with van der Waals surface area (Å²) < 4.78 is 0. The number of hydrogen-bond acceptors (Lipinski definition) is 2. The smallest absolute Gasteiger partial charge is 0.0372 e. The molecule has 0 atom stereocenters. The summed E-state index contributed by atoms with van der Waals surface area (Å²) in [6.07, 6.45) is 2.51. The van der Waals surface area contributed by atoms with Gasteiger partial charge >= 0.3 is 0 Å². The number of hydrogen-bond donors (Lipinski definition) is 1. The highest BCUT2D eigenvalue weighted by Crippen LogP contribution is 2.20. The first-order chi connectivity index (χ1) is 7.65. The molecular formula is C14H22N2. The van der Waals surface area contributed by atoms with Gasteiger partial charge in [0, 0.05) is 11.7 Å². The van der Waals surface area contributed by atoms with E-state index in [0.717, 1.165) is 0 Å².